The Hall–Kier alpha value is -2.00. The first kappa shape index (κ1) is 12.7. The maximum Gasteiger partial charge on any atom is 0.323 e. The van der Waals surface area contributed by atoms with Crippen molar-refractivity contribution in [1.82, 2.24) is 9.97 Å². The normalized spacial score (nSPS) is 17.8. The average molecular weight is 299 g/mol. The van der Waals surface area contributed by atoms with Crippen molar-refractivity contribution < 1.29 is 0 Å². The molecule has 1 fully saturated rings. The number of hydrogen-bond donors (Lipinski definition) is 2. The lowest BCUT2D eigenvalue weighted by molar-refractivity contribution is 0.663. The van der Waals surface area contributed by atoms with Gasteiger partial charge in [-0.25, -0.2) is 4.79 Å². The number of benzene rings is 2. The minimum atomic E-state index is -0.183. The number of aromatic amines is 2. The molecule has 1 heterocycles. The average Bonchev–Trinajstić information content (AvgIpc) is 3.23. The van der Waals surface area contributed by atoms with Crippen LogP contribution in [-0.4, -0.2) is 9.97 Å². The lowest BCUT2D eigenvalue weighted by atomic mass is 9.88. The van der Waals surface area contributed by atoms with E-state index < -0.39 is 0 Å². The Morgan fingerprint density at radius 2 is 1.71 bits per heavy atom. The van der Waals surface area contributed by atoms with Crippen LogP contribution in [0.3, 0.4) is 0 Å². The third-order valence-corrected chi connectivity index (χ3v) is 5.12. The summed E-state index contributed by atoms with van der Waals surface area (Å²) in [7, 11) is 0. The molecule has 2 N–H and O–H groups in total. The molecule has 0 bridgehead atoms. The Kier molecular flexibility index (Phi) is 2.73. The number of imidazole rings is 1. The second kappa shape index (κ2) is 4.50. The molecule has 1 aliphatic carbocycles. The molecular weight excluding hydrogens is 284 g/mol. The summed E-state index contributed by atoms with van der Waals surface area (Å²) in [5, 5.41) is -0.0808. The van der Waals surface area contributed by atoms with E-state index in [0.717, 1.165) is 29.4 Å². The van der Waals surface area contributed by atoms with Crippen molar-refractivity contribution in [2.24, 2.45) is 0 Å². The van der Waals surface area contributed by atoms with Crippen LogP contribution in [-0.2, 0) is 5.41 Å². The zero-order chi connectivity index (χ0) is 14.4. The highest BCUT2D eigenvalue weighted by molar-refractivity contribution is 6.22. The van der Waals surface area contributed by atoms with E-state index in [9.17, 15) is 4.79 Å². The summed E-state index contributed by atoms with van der Waals surface area (Å²) in [4.78, 5) is 16.9. The van der Waals surface area contributed by atoms with E-state index in [2.05, 4.69) is 34.2 Å². The van der Waals surface area contributed by atoms with Gasteiger partial charge in [-0.05, 0) is 36.1 Å². The standard InChI is InChI=1S/C17H15ClN2O/c18-15(17(8-9-17)12-4-2-1-3-5-12)11-6-7-13-14(10-11)20-16(21)19-13/h1-7,10,15H,8-9H2,(H2,19,20,21). The van der Waals surface area contributed by atoms with Crippen molar-refractivity contribution in [1.29, 1.82) is 0 Å². The Morgan fingerprint density at radius 1 is 1.00 bits per heavy atom. The molecule has 1 atom stereocenters. The molecule has 1 aliphatic rings. The summed E-state index contributed by atoms with van der Waals surface area (Å²) >= 11 is 6.80. The molecule has 1 saturated carbocycles. The summed E-state index contributed by atoms with van der Waals surface area (Å²) in [6.07, 6.45) is 2.21. The molecule has 0 spiro atoms. The molecule has 21 heavy (non-hydrogen) atoms. The van der Waals surface area contributed by atoms with Crippen LogP contribution in [0.5, 0.6) is 0 Å². The summed E-state index contributed by atoms with van der Waals surface area (Å²) in [5.74, 6) is 0. The second-order valence-electron chi connectivity index (χ2n) is 5.77. The van der Waals surface area contributed by atoms with Crippen LogP contribution in [0.1, 0.15) is 29.3 Å². The first-order valence-corrected chi connectivity index (χ1v) is 7.54. The Balaban J connectivity index is 1.76. The first-order valence-electron chi connectivity index (χ1n) is 7.11. The number of fused-ring (bicyclic) bond motifs is 1. The maximum absolute atomic E-state index is 11.4. The fourth-order valence-electron chi connectivity index (χ4n) is 3.12. The van der Waals surface area contributed by atoms with E-state index in [4.69, 9.17) is 11.6 Å². The van der Waals surface area contributed by atoms with Gasteiger partial charge >= 0.3 is 5.69 Å². The predicted octanol–water partition coefficient (Wildman–Crippen LogP) is 3.87. The fraction of sp³-hybridized carbons (Fsp3) is 0.235. The number of nitrogens with one attached hydrogen (secondary N) is 2. The minimum Gasteiger partial charge on any atom is -0.306 e. The van der Waals surface area contributed by atoms with Crippen LogP contribution in [0.15, 0.2) is 53.3 Å². The second-order valence-corrected chi connectivity index (χ2v) is 6.21. The number of halogens is 1. The van der Waals surface area contributed by atoms with Crippen molar-refractivity contribution >= 4 is 22.6 Å². The molecule has 0 amide bonds. The van der Waals surface area contributed by atoms with E-state index in [-0.39, 0.29) is 16.5 Å². The zero-order valence-corrected chi connectivity index (χ0v) is 12.2. The van der Waals surface area contributed by atoms with Crippen molar-refractivity contribution in [2.75, 3.05) is 0 Å². The SMILES string of the molecule is O=c1[nH]c2ccc(C(Cl)C3(c4ccccc4)CC3)cc2[nH]1. The van der Waals surface area contributed by atoms with E-state index >= 15 is 0 Å². The van der Waals surface area contributed by atoms with Gasteiger partial charge in [0.1, 0.15) is 0 Å². The third kappa shape index (κ3) is 2.00. The highest BCUT2D eigenvalue weighted by atomic mass is 35.5. The topological polar surface area (TPSA) is 48.6 Å². The zero-order valence-electron chi connectivity index (χ0n) is 11.4. The number of rotatable bonds is 3. The first-order chi connectivity index (χ1) is 10.2. The van der Waals surface area contributed by atoms with Crippen molar-refractivity contribution in [3.8, 4) is 0 Å². The molecule has 4 rings (SSSR count). The van der Waals surface area contributed by atoms with Crippen molar-refractivity contribution in [2.45, 2.75) is 23.6 Å². The van der Waals surface area contributed by atoms with Crippen LogP contribution < -0.4 is 5.69 Å². The summed E-state index contributed by atoms with van der Waals surface area (Å²) < 4.78 is 0. The van der Waals surface area contributed by atoms with Crippen LogP contribution in [0.25, 0.3) is 11.0 Å². The van der Waals surface area contributed by atoms with Crippen LogP contribution in [0.4, 0.5) is 0 Å². The molecule has 1 unspecified atom stereocenters. The van der Waals surface area contributed by atoms with Gasteiger partial charge in [-0.3, -0.25) is 0 Å². The summed E-state index contributed by atoms with van der Waals surface area (Å²) in [6.45, 7) is 0. The monoisotopic (exact) mass is 298 g/mol. The minimum absolute atomic E-state index is 0.0348. The van der Waals surface area contributed by atoms with Gasteiger partial charge in [0, 0.05) is 5.41 Å². The predicted molar refractivity (Wildman–Crippen MR) is 84.9 cm³/mol. The van der Waals surface area contributed by atoms with Crippen LogP contribution in [0, 0.1) is 0 Å². The molecule has 1 aromatic heterocycles. The Labute approximate surface area is 127 Å². The van der Waals surface area contributed by atoms with E-state index in [1.54, 1.807) is 0 Å². The maximum atomic E-state index is 11.4. The molecule has 3 nitrogen and oxygen atoms in total. The molecule has 2 aromatic carbocycles. The highest BCUT2D eigenvalue weighted by Gasteiger charge is 2.50. The van der Waals surface area contributed by atoms with Gasteiger partial charge in [-0.2, -0.15) is 0 Å². The van der Waals surface area contributed by atoms with E-state index in [1.165, 1.54) is 5.56 Å². The van der Waals surface area contributed by atoms with Crippen LogP contribution >= 0.6 is 11.6 Å². The molecule has 106 valence electrons. The quantitative estimate of drug-likeness (QED) is 0.709. The lowest BCUT2D eigenvalue weighted by Gasteiger charge is -2.22. The molecule has 0 saturated heterocycles. The van der Waals surface area contributed by atoms with Crippen molar-refractivity contribution in [3.05, 3.63) is 70.1 Å². The van der Waals surface area contributed by atoms with Gasteiger partial charge in [-0.15, -0.1) is 11.6 Å². The largest absolute Gasteiger partial charge is 0.323 e. The Bertz CT molecular complexity index is 846. The molecule has 0 radical (unpaired) electrons. The number of H-pyrrole nitrogens is 2. The van der Waals surface area contributed by atoms with E-state index in [1.807, 2.05) is 24.3 Å². The van der Waals surface area contributed by atoms with Gasteiger partial charge < -0.3 is 9.97 Å². The number of aromatic nitrogens is 2. The van der Waals surface area contributed by atoms with E-state index in [0.29, 0.717) is 0 Å². The van der Waals surface area contributed by atoms with Gasteiger partial charge in [0.15, 0.2) is 0 Å². The van der Waals surface area contributed by atoms with Crippen LogP contribution in [0.2, 0.25) is 0 Å². The Morgan fingerprint density at radius 3 is 2.43 bits per heavy atom. The smallest absolute Gasteiger partial charge is 0.306 e. The summed E-state index contributed by atoms with van der Waals surface area (Å²) in [5.41, 5.74) is 3.84. The summed E-state index contributed by atoms with van der Waals surface area (Å²) in [6, 6.07) is 16.4. The molecule has 4 heteroatoms. The number of alkyl halides is 1. The fourth-order valence-corrected chi connectivity index (χ4v) is 3.60. The molecule has 3 aromatic rings. The number of hydrogen-bond acceptors (Lipinski definition) is 1. The molecule has 0 aliphatic heterocycles. The van der Waals surface area contributed by atoms with Gasteiger partial charge in [-0.1, -0.05) is 36.4 Å². The lowest BCUT2D eigenvalue weighted by Crippen LogP contribution is -2.14. The highest BCUT2D eigenvalue weighted by Crippen LogP contribution is 2.59. The third-order valence-electron chi connectivity index (χ3n) is 4.46. The van der Waals surface area contributed by atoms with Gasteiger partial charge in [0.05, 0.1) is 16.4 Å². The molecular formula is C17H15ClN2O. The van der Waals surface area contributed by atoms with Crippen molar-refractivity contribution in [3.63, 3.8) is 0 Å². The van der Waals surface area contributed by atoms with Gasteiger partial charge in [0.25, 0.3) is 0 Å². The van der Waals surface area contributed by atoms with Gasteiger partial charge in [0.2, 0.25) is 0 Å².